The third kappa shape index (κ3) is 5.68. The van der Waals surface area contributed by atoms with Gasteiger partial charge in [0.1, 0.15) is 13.1 Å². The van der Waals surface area contributed by atoms with Crippen LogP contribution in [0, 0.1) is 0 Å². The smallest absolute Gasteiger partial charge is 0.229 e. The van der Waals surface area contributed by atoms with E-state index < -0.39 is 10.0 Å². The molecule has 0 saturated heterocycles. The Balaban J connectivity index is 2.76. The average molecular weight is 301 g/mol. The Morgan fingerprint density at radius 1 is 1.25 bits per heavy atom. The van der Waals surface area contributed by atoms with Gasteiger partial charge in [0.25, 0.3) is 0 Å². The molecule has 0 aromatic heterocycles. The molecular formula is C13H21N2O4S+. The molecule has 0 heterocycles. The zero-order chi connectivity index (χ0) is 15.4. The Labute approximate surface area is 119 Å². The molecule has 0 radical (unpaired) electrons. The van der Waals surface area contributed by atoms with Gasteiger partial charge >= 0.3 is 0 Å². The fraction of sp³-hybridized carbons (Fsp3) is 0.462. The van der Waals surface area contributed by atoms with Crippen LogP contribution in [0.4, 0.5) is 5.69 Å². The summed E-state index contributed by atoms with van der Waals surface area (Å²) in [6, 6.07) is 6.30. The zero-order valence-corrected chi connectivity index (χ0v) is 12.8. The molecule has 0 unspecified atom stereocenters. The molecule has 20 heavy (non-hydrogen) atoms. The van der Waals surface area contributed by atoms with E-state index in [9.17, 15) is 13.2 Å². The third-order valence-corrected chi connectivity index (χ3v) is 3.39. The lowest BCUT2D eigenvalue weighted by molar-refractivity contribution is -0.882. The number of carbonyl (C=O) groups is 1. The van der Waals surface area contributed by atoms with E-state index in [2.05, 4.69) is 4.72 Å². The van der Waals surface area contributed by atoms with Gasteiger partial charge in [-0.25, -0.2) is 8.42 Å². The number of anilines is 1. The number of Topliss-reactive ketones (excluding diaryl/α,β-unsaturated/α-hetero) is 1. The molecule has 1 aromatic carbocycles. The Bertz CT molecular complexity index is 565. The van der Waals surface area contributed by atoms with Gasteiger partial charge in [0, 0.05) is 11.3 Å². The van der Waals surface area contributed by atoms with Crippen LogP contribution in [0.2, 0.25) is 0 Å². The first kappa shape index (κ1) is 16.6. The normalized spacial score (nSPS) is 12.2. The molecule has 0 amide bonds. The number of benzene rings is 1. The van der Waals surface area contributed by atoms with Gasteiger partial charge < -0.3 is 9.59 Å². The van der Waals surface area contributed by atoms with Crippen molar-refractivity contribution in [3.05, 3.63) is 29.8 Å². The van der Waals surface area contributed by atoms with Crippen molar-refractivity contribution in [2.24, 2.45) is 0 Å². The van der Waals surface area contributed by atoms with E-state index in [0.29, 0.717) is 22.3 Å². The molecule has 0 aliphatic carbocycles. The van der Waals surface area contributed by atoms with E-state index in [1.54, 1.807) is 24.3 Å². The summed E-state index contributed by atoms with van der Waals surface area (Å²) in [5.41, 5.74) is 0.946. The van der Waals surface area contributed by atoms with Gasteiger partial charge in [-0.2, -0.15) is 0 Å². The van der Waals surface area contributed by atoms with Gasteiger partial charge in [0.05, 0.1) is 27.0 Å². The van der Waals surface area contributed by atoms with E-state index in [1.807, 2.05) is 14.1 Å². The summed E-state index contributed by atoms with van der Waals surface area (Å²) >= 11 is 0. The number of aliphatic hydroxyl groups is 1. The van der Waals surface area contributed by atoms with Crippen LogP contribution in [0.5, 0.6) is 0 Å². The van der Waals surface area contributed by atoms with Crippen LogP contribution in [0.3, 0.4) is 0 Å². The van der Waals surface area contributed by atoms with Crippen LogP contribution in [0.15, 0.2) is 24.3 Å². The van der Waals surface area contributed by atoms with Gasteiger partial charge in [-0.15, -0.1) is 0 Å². The number of ketones is 1. The molecule has 7 heteroatoms. The van der Waals surface area contributed by atoms with Crippen LogP contribution in [0.25, 0.3) is 0 Å². The van der Waals surface area contributed by atoms with E-state index in [4.69, 9.17) is 5.11 Å². The highest BCUT2D eigenvalue weighted by Gasteiger charge is 2.20. The van der Waals surface area contributed by atoms with Gasteiger partial charge in [-0.1, -0.05) is 0 Å². The minimum atomic E-state index is -3.31. The number of nitrogens with zero attached hydrogens (tertiary/aromatic N) is 1. The maximum atomic E-state index is 12.1. The first-order chi connectivity index (χ1) is 9.13. The fourth-order valence-corrected chi connectivity index (χ4v) is 2.33. The second kappa shape index (κ2) is 6.34. The Morgan fingerprint density at radius 3 is 2.25 bits per heavy atom. The van der Waals surface area contributed by atoms with Crippen LogP contribution in [-0.4, -0.2) is 63.8 Å². The number of carbonyl (C=O) groups excluding carboxylic acids is 1. The highest BCUT2D eigenvalue weighted by atomic mass is 32.2. The standard InChI is InChI=1S/C13H20N2O4S/c1-15(2,8-9-16)10-13(17)11-4-6-12(7-5-11)14-20(3,18)19/h4-7,16H,8-10H2,1-3H3/p+1. The van der Waals surface area contributed by atoms with Crippen molar-refractivity contribution in [1.29, 1.82) is 0 Å². The van der Waals surface area contributed by atoms with Crippen molar-refractivity contribution in [3.63, 3.8) is 0 Å². The summed E-state index contributed by atoms with van der Waals surface area (Å²) in [6.07, 6.45) is 1.07. The predicted molar refractivity (Wildman–Crippen MR) is 78.2 cm³/mol. The average Bonchev–Trinajstić information content (AvgIpc) is 2.26. The summed E-state index contributed by atoms with van der Waals surface area (Å²) in [4.78, 5) is 12.1. The molecular weight excluding hydrogens is 280 g/mol. The Morgan fingerprint density at radius 2 is 1.80 bits per heavy atom. The lowest BCUT2D eigenvalue weighted by Crippen LogP contribution is -2.45. The molecule has 6 nitrogen and oxygen atoms in total. The number of rotatable bonds is 7. The van der Waals surface area contributed by atoms with Crippen LogP contribution >= 0.6 is 0 Å². The van der Waals surface area contributed by atoms with Gasteiger partial charge in [-0.3, -0.25) is 9.52 Å². The quantitative estimate of drug-likeness (QED) is 0.561. The first-order valence-corrected chi connectivity index (χ1v) is 8.06. The maximum absolute atomic E-state index is 12.1. The van der Waals surface area contributed by atoms with Crippen molar-refractivity contribution in [2.45, 2.75) is 0 Å². The molecule has 0 aliphatic rings. The van der Waals surface area contributed by atoms with Gasteiger partial charge in [0.2, 0.25) is 15.8 Å². The summed E-state index contributed by atoms with van der Waals surface area (Å²) in [5, 5.41) is 8.94. The number of nitrogens with one attached hydrogen (secondary N) is 1. The van der Waals surface area contributed by atoms with Crippen LogP contribution < -0.4 is 4.72 Å². The van der Waals surface area contributed by atoms with Crippen molar-refractivity contribution < 1.29 is 22.8 Å². The molecule has 0 fully saturated rings. The van der Waals surface area contributed by atoms with E-state index in [-0.39, 0.29) is 18.9 Å². The van der Waals surface area contributed by atoms with Gasteiger partial charge in [0.15, 0.2) is 0 Å². The van der Waals surface area contributed by atoms with Crippen molar-refractivity contribution >= 4 is 21.5 Å². The fourth-order valence-electron chi connectivity index (χ4n) is 1.77. The predicted octanol–water partition coefficient (Wildman–Crippen LogP) is 0.309. The van der Waals surface area contributed by atoms with Gasteiger partial charge in [-0.05, 0) is 24.3 Å². The molecule has 0 spiro atoms. The molecule has 0 atom stereocenters. The molecule has 0 bridgehead atoms. The van der Waals surface area contributed by atoms with Crippen molar-refractivity contribution in [2.75, 3.05) is 44.8 Å². The van der Waals surface area contributed by atoms with Crippen molar-refractivity contribution in [1.82, 2.24) is 0 Å². The molecule has 0 aliphatic heterocycles. The summed E-state index contributed by atoms with van der Waals surface area (Å²) in [7, 11) is 0.425. The second-order valence-electron chi connectivity index (χ2n) is 5.42. The number of hydrogen-bond donors (Lipinski definition) is 2. The van der Waals surface area contributed by atoms with Crippen LogP contribution in [-0.2, 0) is 10.0 Å². The third-order valence-electron chi connectivity index (χ3n) is 2.79. The minimum Gasteiger partial charge on any atom is -0.391 e. The van der Waals surface area contributed by atoms with Crippen molar-refractivity contribution in [3.8, 4) is 0 Å². The molecule has 2 N–H and O–H groups in total. The zero-order valence-electron chi connectivity index (χ0n) is 12.0. The maximum Gasteiger partial charge on any atom is 0.229 e. The Kier molecular flexibility index (Phi) is 5.27. The summed E-state index contributed by atoms with van der Waals surface area (Å²) in [5.74, 6) is -0.0469. The molecule has 0 saturated carbocycles. The largest absolute Gasteiger partial charge is 0.391 e. The summed E-state index contributed by atoms with van der Waals surface area (Å²) < 4.78 is 24.9. The lowest BCUT2D eigenvalue weighted by atomic mass is 10.1. The molecule has 1 rings (SSSR count). The number of likely N-dealkylation sites (N-methyl/N-ethyl adjacent to an activating group) is 1. The summed E-state index contributed by atoms with van der Waals surface area (Å²) in [6.45, 7) is 0.802. The number of sulfonamides is 1. The SMILES string of the molecule is C[N+](C)(CCO)CC(=O)c1ccc(NS(C)(=O)=O)cc1. The number of aliphatic hydroxyl groups excluding tert-OH is 1. The molecule has 1 aromatic rings. The van der Waals surface area contributed by atoms with Crippen LogP contribution in [0.1, 0.15) is 10.4 Å². The number of quaternary nitrogens is 1. The highest BCUT2D eigenvalue weighted by molar-refractivity contribution is 7.92. The Hall–Kier alpha value is -1.44. The lowest BCUT2D eigenvalue weighted by Gasteiger charge is -2.28. The minimum absolute atomic E-state index is 0.0253. The molecule has 112 valence electrons. The van der Waals surface area contributed by atoms with E-state index >= 15 is 0 Å². The highest BCUT2D eigenvalue weighted by Crippen LogP contribution is 2.12. The second-order valence-corrected chi connectivity index (χ2v) is 7.16. The first-order valence-electron chi connectivity index (χ1n) is 6.17. The van der Waals surface area contributed by atoms with E-state index in [1.165, 1.54) is 0 Å². The monoisotopic (exact) mass is 301 g/mol. The van der Waals surface area contributed by atoms with E-state index in [0.717, 1.165) is 6.26 Å². The topological polar surface area (TPSA) is 83.5 Å². The number of hydrogen-bond acceptors (Lipinski definition) is 4.